The molecule has 0 aliphatic heterocycles. The third-order valence-corrected chi connectivity index (χ3v) is 2.21. The second-order valence-corrected chi connectivity index (χ2v) is 4.33. The zero-order valence-electron chi connectivity index (χ0n) is 9.89. The third kappa shape index (κ3) is 3.67. The lowest BCUT2D eigenvalue weighted by Gasteiger charge is -2.34. The quantitative estimate of drug-likeness (QED) is 0.577. The van der Waals surface area contributed by atoms with Crippen LogP contribution in [0.5, 0.6) is 0 Å². The van der Waals surface area contributed by atoms with Crippen LogP contribution in [-0.4, -0.2) is 30.6 Å². The molecule has 0 rings (SSSR count). The number of alkyl halides is 9. The highest BCUT2D eigenvalue weighted by molar-refractivity contribution is 4.99. The molecule has 0 radical (unpaired) electrons. The highest BCUT2D eigenvalue weighted by Gasteiger charge is 2.81. The Morgan fingerprint density at radius 1 is 0.789 bits per heavy atom. The predicted octanol–water partition coefficient (Wildman–Crippen LogP) is 4.05. The molecule has 0 saturated carbocycles. The van der Waals surface area contributed by atoms with E-state index in [4.69, 9.17) is 0 Å². The Morgan fingerprint density at radius 2 is 1.21 bits per heavy atom. The van der Waals surface area contributed by atoms with E-state index in [0.29, 0.717) is 0 Å². The van der Waals surface area contributed by atoms with Crippen LogP contribution in [0.15, 0.2) is 0 Å². The minimum Gasteiger partial charge on any atom is -0.253 e. The van der Waals surface area contributed by atoms with E-state index in [0.717, 1.165) is 5.32 Å². The average molecular weight is 305 g/mol. The van der Waals surface area contributed by atoms with Crippen LogP contribution < -0.4 is 5.32 Å². The van der Waals surface area contributed by atoms with E-state index in [2.05, 4.69) is 0 Å². The Hall–Kier alpha value is -0.670. The van der Waals surface area contributed by atoms with Crippen LogP contribution in [0.1, 0.15) is 20.3 Å². The molecule has 1 nitrogen and oxygen atoms in total. The topological polar surface area (TPSA) is 12.0 Å². The van der Waals surface area contributed by atoms with Gasteiger partial charge < -0.3 is 0 Å². The number of hydrogen-bond acceptors (Lipinski definition) is 1. The molecule has 0 unspecified atom stereocenters. The van der Waals surface area contributed by atoms with Crippen LogP contribution >= 0.6 is 0 Å². The first kappa shape index (κ1) is 18.3. The second kappa shape index (κ2) is 5.37. The van der Waals surface area contributed by atoms with E-state index < -0.39 is 30.6 Å². The summed E-state index contributed by atoms with van der Waals surface area (Å²) in [6.07, 6.45) is -6.87. The first-order chi connectivity index (χ1) is 8.17. The predicted molar refractivity (Wildman–Crippen MR) is 48.4 cm³/mol. The van der Waals surface area contributed by atoms with Gasteiger partial charge in [0.05, 0.1) is 0 Å². The monoisotopic (exact) mass is 305 g/mol. The van der Waals surface area contributed by atoms with Crippen molar-refractivity contribution < 1.29 is 39.5 Å². The Kier molecular flexibility index (Phi) is 5.18. The van der Waals surface area contributed by atoms with Crippen molar-refractivity contribution in [3.8, 4) is 0 Å². The molecule has 0 aromatic carbocycles. The van der Waals surface area contributed by atoms with E-state index in [-0.39, 0.29) is 12.3 Å². The normalized spacial score (nSPS) is 15.2. The van der Waals surface area contributed by atoms with Crippen molar-refractivity contribution in [1.29, 1.82) is 0 Å². The summed E-state index contributed by atoms with van der Waals surface area (Å²) in [6.45, 7) is 2.23. The summed E-state index contributed by atoms with van der Waals surface area (Å²) in [6, 6.07) is -5.68. The minimum absolute atomic E-state index is 0.0940. The van der Waals surface area contributed by atoms with Gasteiger partial charge in [-0.3, -0.25) is 5.32 Å². The first-order valence-corrected chi connectivity index (χ1v) is 5.12. The van der Waals surface area contributed by atoms with Crippen LogP contribution in [0.4, 0.5) is 39.5 Å². The molecule has 0 spiro atoms. The Balaban J connectivity index is 5.06. The van der Waals surface area contributed by atoms with Gasteiger partial charge in [0.2, 0.25) is 0 Å². The lowest BCUT2D eigenvalue weighted by molar-refractivity contribution is -0.400. The number of halogens is 9. The van der Waals surface area contributed by atoms with Gasteiger partial charge in [0.15, 0.2) is 0 Å². The van der Waals surface area contributed by atoms with Crippen LogP contribution in [0.2, 0.25) is 0 Å². The standard InChI is InChI=1S/C9H12F9N/c1-5(2)3-4-19-9(17,18)7(12,13)6(10,11)8(14,15)16/h5,19H,3-4H2,1-2H3. The van der Waals surface area contributed by atoms with Gasteiger partial charge in [-0.2, -0.15) is 39.5 Å². The second-order valence-electron chi connectivity index (χ2n) is 4.33. The van der Waals surface area contributed by atoms with Gasteiger partial charge in [-0.15, -0.1) is 0 Å². The molecular formula is C9H12F9N. The zero-order chi connectivity index (χ0) is 15.7. The largest absolute Gasteiger partial charge is 0.460 e. The van der Waals surface area contributed by atoms with Crippen molar-refractivity contribution in [1.82, 2.24) is 5.32 Å². The molecule has 0 heterocycles. The van der Waals surface area contributed by atoms with Gasteiger partial charge in [0, 0.05) is 6.54 Å². The molecule has 0 aromatic rings. The van der Waals surface area contributed by atoms with Gasteiger partial charge in [-0.05, 0) is 12.3 Å². The van der Waals surface area contributed by atoms with Gasteiger partial charge in [-0.1, -0.05) is 13.8 Å². The molecule has 1 N–H and O–H groups in total. The molecule has 0 saturated heterocycles. The van der Waals surface area contributed by atoms with Crippen LogP contribution in [-0.2, 0) is 0 Å². The van der Waals surface area contributed by atoms with E-state index in [1.807, 2.05) is 0 Å². The molecule has 0 aromatic heterocycles. The number of hydrogen-bond donors (Lipinski definition) is 1. The zero-order valence-corrected chi connectivity index (χ0v) is 9.89. The molecule has 0 atom stereocenters. The lowest BCUT2D eigenvalue weighted by atomic mass is 10.1. The number of nitrogens with one attached hydrogen (secondary N) is 1. The lowest BCUT2D eigenvalue weighted by Crippen LogP contribution is -2.65. The maximum atomic E-state index is 12.8. The van der Waals surface area contributed by atoms with Crippen molar-refractivity contribution in [3.63, 3.8) is 0 Å². The van der Waals surface area contributed by atoms with Crippen molar-refractivity contribution in [2.75, 3.05) is 6.54 Å². The van der Waals surface area contributed by atoms with Gasteiger partial charge >= 0.3 is 24.1 Å². The highest BCUT2D eigenvalue weighted by Crippen LogP contribution is 2.52. The molecule has 10 heteroatoms. The fourth-order valence-electron chi connectivity index (χ4n) is 1.00. The third-order valence-electron chi connectivity index (χ3n) is 2.21. The fraction of sp³-hybridized carbons (Fsp3) is 1.00. The summed E-state index contributed by atoms with van der Waals surface area (Å²) in [5.74, 6) is -13.6. The summed E-state index contributed by atoms with van der Waals surface area (Å²) < 4.78 is 111. The van der Waals surface area contributed by atoms with Gasteiger partial charge in [0.1, 0.15) is 0 Å². The molecule has 0 aliphatic carbocycles. The molecular weight excluding hydrogens is 293 g/mol. The fourth-order valence-corrected chi connectivity index (χ4v) is 1.00. The molecule has 0 fully saturated rings. The van der Waals surface area contributed by atoms with Crippen molar-refractivity contribution in [2.45, 2.75) is 44.3 Å². The van der Waals surface area contributed by atoms with Crippen molar-refractivity contribution in [3.05, 3.63) is 0 Å². The maximum absolute atomic E-state index is 12.8. The van der Waals surface area contributed by atoms with E-state index >= 15 is 0 Å². The smallest absolute Gasteiger partial charge is 0.253 e. The van der Waals surface area contributed by atoms with E-state index in [1.54, 1.807) is 0 Å². The average Bonchev–Trinajstić information content (AvgIpc) is 2.14. The number of rotatable bonds is 6. The van der Waals surface area contributed by atoms with Gasteiger partial charge in [0.25, 0.3) is 0 Å². The highest BCUT2D eigenvalue weighted by atomic mass is 19.4. The molecule has 0 amide bonds. The van der Waals surface area contributed by atoms with Crippen molar-refractivity contribution in [2.24, 2.45) is 5.92 Å². The summed E-state index contributed by atoms with van der Waals surface area (Å²) in [5.41, 5.74) is 0. The summed E-state index contributed by atoms with van der Waals surface area (Å²) >= 11 is 0. The Bertz CT molecular complexity index is 295. The molecule has 116 valence electrons. The SMILES string of the molecule is CC(C)CCNC(F)(F)C(F)(F)C(F)(F)C(F)(F)F. The summed E-state index contributed by atoms with van der Waals surface area (Å²) in [7, 11) is 0. The molecule has 0 bridgehead atoms. The Morgan fingerprint density at radius 3 is 1.53 bits per heavy atom. The van der Waals surface area contributed by atoms with Crippen LogP contribution in [0.25, 0.3) is 0 Å². The maximum Gasteiger partial charge on any atom is 0.460 e. The summed E-state index contributed by atoms with van der Waals surface area (Å²) in [4.78, 5) is 0. The Labute approximate surface area is 103 Å². The molecule has 0 aliphatic rings. The van der Waals surface area contributed by atoms with E-state index in [9.17, 15) is 39.5 Å². The summed E-state index contributed by atoms with van der Waals surface area (Å²) in [5, 5.41) is 0.745. The van der Waals surface area contributed by atoms with E-state index in [1.165, 1.54) is 13.8 Å². The molecule has 19 heavy (non-hydrogen) atoms. The minimum atomic E-state index is -6.84. The van der Waals surface area contributed by atoms with Crippen LogP contribution in [0.3, 0.4) is 0 Å². The van der Waals surface area contributed by atoms with Crippen molar-refractivity contribution >= 4 is 0 Å². The first-order valence-electron chi connectivity index (χ1n) is 5.12. The van der Waals surface area contributed by atoms with Crippen LogP contribution in [0, 0.1) is 5.92 Å². The van der Waals surface area contributed by atoms with Gasteiger partial charge in [-0.25, -0.2) is 0 Å².